The molecular formula is C51H98N2O6P+. The third kappa shape index (κ3) is 44.5. The van der Waals surface area contributed by atoms with Crippen LogP contribution in [-0.4, -0.2) is 73.4 Å². The Morgan fingerprint density at radius 1 is 0.567 bits per heavy atom. The van der Waals surface area contributed by atoms with Crippen molar-refractivity contribution in [3.63, 3.8) is 0 Å². The van der Waals surface area contributed by atoms with Crippen LogP contribution in [0.15, 0.2) is 48.6 Å². The first kappa shape index (κ1) is 58.5. The number of phosphoric acid groups is 1. The lowest BCUT2D eigenvalue weighted by Gasteiger charge is -2.25. The molecule has 0 saturated carbocycles. The average molecular weight is 866 g/mol. The molecule has 0 aliphatic rings. The van der Waals surface area contributed by atoms with Gasteiger partial charge in [-0.15, -0.1) is 0 Å². The summed E-state index contributed by atoms with van der Waals surface area (Å²) in [5.74, 6) is -0.182. The van der Waals surface area contributed by atoms with E-state index in [1.807, 2.05) is 27.2 Å². The number of rotatable bonds is 45. The summed E-state index contributed by atoms with van der Waals surface area (Å²) < 4.78 is 23.5. The van der Waals surface area contributed by atoms with E-state index in [4.69, 9.17) is 9.05 Å². The molecular weight excluding hydrogens is 768 g/mol. The molecule has 0 aromatic heterocycles. The largest absolute Gasteiger partial charge is 0.472 e. The maximum Gasteiger partial charge on any atom is 0.472 e. The van der Waals surface area contributed by atoms with Gasteiger partial charge in [-0.3, -0.25) is 13.8 Å². The molecule has 0 spiro atoms. The molecule has 0 radical (unpaired) electrons. The number of carbonyl (C=O) groups excluding carboxylic acids is 1. The second kappa shape index (κ2) is 42.7. The van der Waals surface area contributed by atoms with Gasteiger partial charge < -0.3 is 19.8 Å². The van der Waals surface area contributed by atoms with Crippen molar-refractivity contribution in [1.82, 2.24) is 5.32 Å². The van der Waals surface area contributed by atoms with Crippen molar-refractivity contribution in [1.29, 1.82) is 0 Å². The number of aliphatic hydroxyl groups is 1. The average Bonchev–Trinajstić information content (AvgIpc) is 3.20. The number of quaternary nitrogens is 1. The number of phosphoric ester groups is 1. The molecule has 9 heteroatoms. The van der Waals surface area contributed by atoms with E-state index in [-0.39, 0.29) is 19.1 Å². The lowest BCUT2D eigenvalue weighted by Crippen LogP contribution is -2.45. The quantitative estimate of drug-likeness (QED) is 0.0244. The van der Waals surface area contributed by atoms with Gasteiger partial charge in [-0.1, -0.05) is 204 Å². The first-order valence-corrected chi connectivity index (χ1v) is 26.5. The van der Waals surface area contributed by atoms with Crippen molar-refractivity contribution < 1.29 is 32.9 Å². The highest BCUT2D eigenvalue weighted by Crippen LogP contribution is 2.43. The van der Waals surface area contributed by atoms with E-state index in [0.717, 1.165) is 51.4 Å². The molecule has 0 aromatic carbocycles. The molecule has 0 heterocycles. The van der Waals surface area contributed by atoms with Crippen LogP contribution in [0.25, 0.3) is 0 Å². The van der Waals surface area contributed by atoms with Gasteiger partial charge in [0.15, 0.2) is 0 Å². The molecule has 3 unspecified atom stereocenters. The van der Waals surface area contributed by atoms with Gasteiger partial charge in [-0.25, -0.2) is 4.57 Å². The van der Waals surface area contributed by atoms with Gasteiger partial charge in [0.25, 0.3) is 0 Å². The first-order valence-electron chi connectivity index (χ1n) is 25.0. The monoisotopic (exact) mass is 866 g/mol. The maximum absolute atomic E-state index is 12.8. The summed E-state index contributed by atoms with van der Waals surface area (Å²) in [6, 6.07) is -0.843. The van der Waals surface area contributed by atoms with E-state index in [1.165, 1.54) is 148 Å². The Morgan fingerprint density at radius 3 is 1.38 bits per heavy atom. The predicted molar refractivity (Wildman–Crippen MR) is 258 cm³/mol. The lowest BCUT2D eigenvalue weighted by atomic mass is 10.0. The molecule has 3 atom stereocenters. The van der Waals surface area contributed by atoms with Crippen LogP contribution in [0.4, 0.5) is 0 Å². The van der Waals surface area contributed by atoms with E-state index >= 15 is 0 Å². The molecule has 352 valence electrons. The van der Waals surface area contributed by atoms with Crippen molar-refractivity contribution in [3.05, 3.63) is 48.6 Å². The number of likely N-dealkylation sites (N-methyl/N-ethyl adjacent to an activating group) is 1. The topological polar surface area (TPSA) is 105 Å². The fourth-order valence-corrected chi connectivity index (χ4v) is 7.78. The van der Waals surface area contributed by atoms with E-state index in [0.29, 0.717) is 17.4 Å². The van der Waals surface area contributed by atoms with Gasteiger partial charge in [0.2, 0.25) is 5.91 Å². The Labute approximate surface area is 371 Å². The summed E-state index contributed by atoms with van der Waals surface area (Å²) in [6.07, 6.45) is 55.1. The molecule has 0 aliphatic carbocycles. The number of unbranched alkanes of at least 4 members (excludes halogenated alkanes) is 26. The Hall–Kier alpha value is -1.54. The summed E-state index contributed by atoms with van der Waals surface area (Å²) in [5.41, 5.74) is 0. The van der Waals surface area contributed by atoms with Gasteiger partial charge >= 0.3 is 7.82 Å². The third-order valence-electron chi connectivity index (χ3n) is 11.0. The van der Waals surface area contributed by atoms with E-state index < -0.39 is 20.0 Å². The summed E-state index contributed by atoms with van der Waals surface area (Å²) in [5, 5.41) is 13.7. The minimum Gasteiger partial charge on any atom is -0.387 e. The standard InChI is InChI=1S/C51H97N2O6P/c1-6-8-10-12-14-15-16-17-18-19-20-21-22-23-24-25-26-27-28-29-30-31-32-33-34-35-36-37-39-41-43-45-51(55)52-49(50(54)44-42-40-38-13-11-9-7-2)48-59-60(56,57)58-47-46-53(3,4)5/h16-17,19-20,22-23,42,44,49-50,54H,6-15,18,21,24-41,43,45-48H2,1-5H3,(H-,52,55,56,57)/p+1/b17-16-,20-19-,23-22-,44-42+. The van der Waals surface area contributed by atoms with E-state index in [1.54, 1.807) is 6.08 Å². The second-order valence-electron chi connectivity index (χ2n) is 18.2. The number of allylic oxidation sites excluding steroid dienone is 7. The van der Waals surface area contributed by atoms with E-state index in [2.05, 4.69) is 55.6 Å². The molecule has 0 saturated heterocycles. The zero-order valence-corrected chi connectivity index (χ0v) is 40.8. The van der Waals surface area contributed by atoms with Crippen LogP contribution < -0.4 is 5.32 Å². The van der Waals surface area contributed by atoms with E-state index in [9.17, 15) is 19.4 Å². The van der Waals surface area contributed by atoms with Crippen molar-refractivity contribution >= 4 is 13.7 Å². The first-order chi connectivity index (χ1) is 29.0. The normalized spacial score (nSPS) is 14.6. The van der Waals surface area contributed by atoms with Crippen LogP contribution in [0.3, 0.4) is 0 Å². The number of aliphatic hydroxyl groups excluding tert-OH is 1. The van der Waals surface area contributed by atoms with Gasteiger partial charge in [-0.05, 0) is 57.8 Å². The van der Waals surface area contributed by atoms with Gasteiger partial charge in [-0.2, -0.15) is 0 Å². The lowest BCUT2D eigenvalue weighted by molar-refractivity contribution is -0.870. The smallest absolute Gasteiger partial charge is 0.387 e. The SMILES string of the molecule is CCCCCCC/C=C\C/C=C\C/C=C\CCCCCCCCCCCCCCCCCCC(=O)NC(COP(=O)(O)OCC[N+](C)(C)C)C(O)/C=C/CCCCCCC. The molecule has 0 bridgehead atoms. The van der Waals surface area contributed by atoms with Crippen LogP contribution in [0, 0.1) is 0 Å². The summed E-state index contributed by atoms with van der Waals surface area (Å²) >= 11 is 0. The highest BCUT2D eigenvalue weighted by Gasteiger charge is 2.27. The Morgan fingerprint density at radius 2 is 0.950 bits per heavy atom. The molecule has 8 nitrogen and oxygen atoms in total. The molecule has 0 rings (SSSR count). The number of nitrogens with zero attached hydrogens (tertiary/aromatic N) is 1. The molecule has 60 heavy (non-hydrogen) atoms. The summed E-state index contributed by atoms with van der Waals surface area (Å²) in [6.45, 7) is 4.74. The summed E-state index contributed by atoms with van der Waals surface area (Å²) in [4.78, 5) is 23.0. The van der Waals surface area contributed by atoms with Gasteiger partial charge in [0.1, 0.15) is 13.2 Å². The molecule has 3 N–H and O–H groups in total. The van der Waals surface area contributed by atoms with Crippen molar-refractivity contribution in [3.8, 4) is 0 Å². The van der Waals surface area contributed by atoms with Crippen molar-refractivity contribution in [2.75, 3.05) is 40.9 Å². The van der Waals surface area contributed by atoms with Crippen LogP contribution in [-0.2, 0) is 18.4 Å². The minimum absolute atomic E-state index is 0.0607. The zero-order chi connectivity index (χ0) is 44.3. The molecule has 1 amide bonds. The Balaban J connectivity index is 3.95. The number of hydrogen-bond acceptors (Lipinski definition) is 5. The second-order valence-corrected chi connectivity index (χ2v) is 19.6. The maximum atomic E-state index is 12.8. The fourth-order valence-electron chi connectivity index (χ4n) is 7.05. The van der Waals surface area contributed by atoms with Crippen LogP contribution in [0.1, 0.15) is 219 Å². The highest BCUT2D eigenvalue weighted by atomic mass is 31.2. The number of nitrogens with one attached hydrogen (secondary N) is 1. The van der Waals surface area contributed by atoms with Crippen molar-refractivity contribution in [2.24, 2.45) is 0 Å². The van der Waals surface area contributed by atoms with Crippen molar-refractivity contribution in [2.45, 2.75) is 231 Å². The third-order valence-corrected chi connectivity index (χ3v) is 12.0. The summed E-state index contributed by atoms with van der Waals surface area (Å²) in [7, 11) is 1.57. The van der Waals surface area contributed by atoms with Gasteiger partial charge in [0.05, 0.1) is 39.9 Å². The Kier molecular flexibility index (Phi) is 41.6. The molecule has 0 fully saturated rings. The minimum atomic E-state index is -4.33. The number of carbonyl (C=O) groups is 1. The molecule has 0 aromatic rings. The number of amides is 1. The predicted octanol–water partition coefficient (Wildman–Crippen LogP) is 14.4. The fraction of sp³-hybridized carbons (Fsp3) is 0.824. The van der Waals surface area contributed by atoms with Crippen LogP contribution in [0.5, 0.6) is 0 Å². The zero-order valence-electron chi connectivity index (χ0n) is 39.9. The number of hydrogen-bond donors (Lipinski definition) is 3. The highest BCUT2D eigenvalue weighted by molar-refractivity contribution is 7.47. The van der Waals surface area contributed by atoms with Crippen LogP contribution in [0.2, 0.25) is 0 Å². The Bertz CT molecular complexity index is 1120. The van der Waals surface area contributed by atoms with Gasteiger partial charge in [0, 0.05) is 6.42 Å². The van der Waals surface area contributed by atoms with Crippen LogP contribution >= 0.6 is 7.82 Å². The molecule has 0 aliphatic heterocycles.